The fraction of sp³-hybridized carbons (Fsp3) is 0.556. The maximum absolute atomic E-state index is 11.7. The molecule has 0 bridgehead atoms. The lowest BCUT2D eigenvalue weighted by Gasteiger charge is -2.14. The van der Waals surface area contributed by atoms with E-state index in [1.807, 2.05) is 0 Å². The molecule has 1 aliphatic rings. The van der Waals surface area contributed by atoms with Gasteiger partial charge in [-0.3, -0.25) is 15.3 Å². The van der Waals surface area contributed by atoms with Gasteiger partial charge in [0.2, 0.25) is 0 Å². The first-order chi connectivity index (χ1) is 9.19. The predicted molar refractivity (Wildman–Crippen MR) is 62.5 cm³/mol. The zero-order valence-corrected chi connectivity index (χ0v) is 9.75. The van der Waals surface area contributed by atoms with E-state index in [4.69, 9.17) is 20.6 Å². The Hall–Kier alpha value is -2.13. The fourth-order valence-corrected chi connectivity index (χ4v) is 1.93. The number of hydrogen-bond acceptors (Lipinski definition) is 7. The summed E-state index contributed by atoms with van der Waals surface area (Å²) < 4.78 is 6.65. The minimum Gasteiger partial charge on any atom is -0.394 e. The minimum absolute atomic E-state index is 0.0181. The van der Waals surface area contributed by atoms with Gasteiger partial charge < -0.3 is 9.84 Å². The van der Waals surface area contributed by atoms with Crippen LogP contribution in [0, 0.1) is 0 Å². The molecule has 10 heteroatoms. The number of anilines is 1. The van der Waals surface area contributed by atoms with E-state index in [9.17, 15) is 4.79 Å². The minimum atomic E-state index is -0.666. The third kappa shape index (κ3) is 2.66. The molecular formula is C9H12N6O4. The third-order valence-corrected chi connectivity index (χ3v) is 2.84. The lowest BCUT2D eigenvalue weighted by Crippen LogP contribution is -2.27. The molecule has 0 saturated carbocycles. The molecule has 0 amide bonds. The van der Waals surface area contributed by atoms with Crippen LogP contribution < -0.4 is 11.2 Å². The topological polar surface area (TPSA) is 145 Å². The Bertz CT molecular complexity index is 554. The normalized spacial score (nSPS) is 25.9. The van der Waals surface area contributed by atoms with E-state index in [2.05, 4.69) is 15.0 Å². The molecule has 3 atom stereocenters. The van der Waals surface area contributed by atoms with Crippen LogP contribution in [0.15, 0.2) is 22.2 Å². The van der Waals surface area contributed by atoms with E-state index in [-0.39, 0.29) is 18.8 Å². The maximum Gasteiger partial charge on any atom is 0.351 e. The lowest BCUT2D eigenvalue weighted by atomic mass is 10.1. The first kappa shape index (κ1) is 13.3. The predicted octanol–water partition coefficient (Wildman–Crippen LogP) is 0.00310. The Morgan fingerprint density at radius 3 is 3.11 bits per heavy atom. The van der Waals surface area contributed by atoms with E-state index in [0.29, 0.717) is 0 Å². The zero-order chi connectivity index (χ0) is 13.8. The zero-order valence-electron chi connectivity index (χ0n) is 9.75. The number of aliphatic hydroxyl groups excluding tert-OH is 1. The molecule has 19 heavy (non-hydrogen) atoms. The number of ether oxygens (including phenoxy) is 1. The van der Waals surface area contributed by atoms with Crippen molar-refractivity contribution < 1.29 is 15.1 Å². The van der Waals surface area contributed by atoms with Gasteiger partial charge in [-0.2, -0.15) is 4.98 Å². The number of aromatic nitrogens is 2. The summed E-state index contributed by atoms with van der Waals surface area (Å²) in [6, 6.07) is 0.849. The molecule has 1 aliphatic heterocycles. The molecule has 3 N–H and O–H groups in total. The van der Waals surface area contributed by atoms with Crippen molar-refractivity contribution in [3.63, 3.8) is 0 Å². The standard InChI is InChI=1S/C9H12N6O4/c10-14-12-5-3-8(19-6(5)4-16)15-2-1-7(13-18)11-9(15)17/h1-2,5-6,8,16,18H,3-4H2,(H,11,13,17)/t5-,6+,8+/m0/s1. The van der Waals surface area contributed by atoms with E-state index in [1.165, 1.54) is 16.8 Å². The van der Waals surface area contributed by atoms with Gasteiger partial charge >= 0.3 is 5.69 Å². The monoisotopic (exact) mass is 268 g/mol. The molecule has 1 fully saturated rings. The van der Waals surface area contributed by atoms with Gasteiger partial charge in [-0.05, 0) is 11.6 Å². The highest BCUT2D eigenvalue weighted by atomic mass is 16.5. The van der Waals surface area contributed by atoms with Gasteiger partial charge in [0.05, 0.1) is 18.8 Å². The molecule has 10 nitrogen and oxygen atoms in total. The van der Waals surface area contributed by atoms with Gasteiger partial charge in [-0.1, -0.05) is 5.11 Å². The number of aliphatic hydroxyl groups is 1. The summed E-state index contributed by atoms with van der Waals surface area (Å²) >= 11 is 0. The van der Waals surface area contributed by atoms with E-state index >= 15 is 0 Å². The largest absolute Gasteiger partial charge is 0.394 e. The second-order valence-electron chi connectivity index (χ2n) is 3.93. The van der Waals surface area contributed by atoms with Gasteiger partial charge in [-0.25, -0.2) is 4.79 Å². The van der Waals surface area contributed by atoms with Crippen molar-refractivity contribution in [2.24, 2.45) is 5.11 Å². The average molecular weight is 268 g/mol. The summed E-state index contributed by atoms with van der Waals surface area (Å²) in [5.41, 5.74) is 9.56. The molecule has 0 aliphatic carbocycles. The maximum atomic E-state index is 11.7. The summed E-state index contributed by atoms with van der Waals surface area (Å²) in [5.74, 6) is 0.0181. The van der Waals surface area contributed by atoms with Crippen LogP contribution in [-0.2, 0) is 4.74 Å². The number of azide groups is 1. The molecule has 1 aromatic rings. The van der Waals surface area contributed by atoms with Gasteiger partial charge in [0, 0.05) is 17.5 Å². The van der Waals surface area contributed by atoms with Crippen LogP contribution in [-0.4, -0.2) is 38.6 Å². The molecule has 0 radical (unpaired) electrons. The van der Waals surface area contributed by atoms with Crippen LogP contribution >= 0.6 is 0 Å². The Labute approximate surface area is 106 Å². The fourth-order valence-electron chi connectivity index (χ4n) is 1.93. The van der Waals surface area contributed by atoms with Crippen LogP contribution in [0.5, 0.6) is 0 Å². The van der Waals surface area contributed by atoms with Gasteiger partial charge in [0.15, 0.2) is 5.82 Å². The Morgan fingerprint density at radius 1 is 1.74 bits per heavy atom. The average Bonchev–Trinajstić information content (AvgIpc) is 2.82. The van der Waals surface area contributed by atoms with E-state index in [1.54, 1.807) is 5.48 Å². The second-order valence-corrected chi connectivity index (χ2v) is 3.93. The lowest BCUT2D eigenvalue weighted by molar-refractivity contribution is -0.0270. The van der Waals surface area contributed by atoms with Crippen molar-refractivity contribution in [2.45, 2.75) is 24.8 Å². The molecule has 0 unspecified atom stereocenters. The molecule has 0 spiro atoms. The summed E-state index contributed by atoms with van der Waals surface area (Å²) in [4.78, 5) is 17.9. The molecular weight excluding hydrogens is 256 g/mol. The summed E-state index contributed by atoms with van der Waals surface area (Å²) in [5, 5.41) is 21.3. The molecule has 2 rings (SSSR count). The molecule has 1 saturated heterocycles. The highest BCUT2D eigenvalue weighted by Crippen LogP contribution is 2.29. The smallest absolute Gasteiger partial charge is 0.351 e. The van der Waals surface area contributed by atoms with Crippen LogP contribution in [0.2, 0.25) is 0 Å². The van der Waals surface area contributed by atoms with Crippen molar-refractivity contribution >= 4 is 5.82 Å². The number of hydrogen-bond donors (Lipinski definition) is 3. The highest BCUT2D eigenvalue weighted by Gasteiger charge is 2.35. The van der Waals surface area contributed by atoms with Gasteiger partial charge in [0.25, 0.3) is 0 Å². The summed E-state index contributed by atoms with van der Waals surface area (Å²) in [7, 11) is 0. The Morgan fingerprint density at radius 2 is 2.53 bits per heavy atom. The van der Waals surface area contributed by atoms with Crippen molar-refractivity contribution in [3.8, 4) is 0 Å². The SMILES string of the molecule is [N-]=[N+]=N[C@H]1C[C@H](n2ccc(NO)nc2=O)O[C@@H]1CO. The summed E-state index contributed by atoms with van der Waals surface area (Å²) in [6.45, 7) is -0.307. The quantitative estimate of drug-likeness (QED) is 0.303. The first-order valence-corrected chi connectivity index (χ1v) is 5.49. The highest BCUT2D eigenvalue weighted by molar-refractivity contribution is 5.28. The van der Waals surface area contributed by atoms with Crippen molar-refractivity contribution in [1.82, 2.24) is 9.55 Å². The van der Waals surface area contributed by atoms with Crippen LogP contribution in [0.4, 0.5) is 5.82 Å². The van der Waals surface area contributed by atoms with Crippen molar-refractivity contribution in [1.29, 1.82) is 0 Å². The molecule has 102 valence electrons. The van der Waals surface area contributed by atoms with Crippen molar-refractivity contribution in [3.05, 3.63) is 33.2 Å². The molecule has 0 aromatic carbocycles. The van der Waals surface area contributed by atoms with Crippen LogP contribution in [0.3, 0.4) is 0 Å². The third-order valence-electron chi connectivity index (χ3n) is 2.84. The van der Waals surface area contributed by atoms with E-state index < -0.39 is 24.1 Å². The van der Waals surface area contributed by atoms with Crippen molar-refractivity contribution in [2.75, 3.05) is 12.1 Å². The molecule has 2 heterocycles. The van der Waals surface area contributed by atoms with E-state index in [0.717, 1.165) is 0 Å². The molecule has 1 aromatic heterocycles. The van der Waals surface area contributed by atoms with Crippen LogP contribution in [0.25, 0.3) is 10.4 Å². The Kier molecular flexibility index (Phi) is 3.97. The number of rotatable bonds is 4. The first-order valence-electron chi connectivity index (χ1n) is 5.49. The Balaban J connectivity index is 2.24. The number of nitrogens with one attached hydrogen (secondary N) is 1. The number of nitrogens with zero attached hydrogens (tertiary/aromatic N) is 5. The van der Waals surface area contributed by atoms with Gasteiger partial charge in [-0.15, -0.1) is 0 Å². The second kappa shape index (κ2) is 5.67. The summed E-state index contributed by atoms with van der Waals surface area (Å²) in [6.07, 6.45) is 0.345. The van der Waals surface area contributed by atoms with Crippen LogP contribution in [0.1, 0.15) is 12.6 Å². The van der Waals surface area contributed by atoms with Gasteiger partial charge in [0.1, 0.15) is 6.23 Å².